The van der Waals surface area contributed by atoms with Crippen LogP contribution in [0, 0.1) is 0 Å². The molecule has 2 N–H and O–H groups in total. The van der Waals surface area contributed by atoms with E-state index in [2.05, 4.69) is 15.3 Å². The molecule has 1 fully saturated rings. The molecule has 0 aliphatic carbocycles. The third-order valence-corrected chi connectivity index (χ3v) is 2.91. The van der Waals surface area contributed by atoms with Gasteiger partial charge in [-0.05, 0) is 18.7 Å². The van der Waals surface area contributed by atoms with Crippen molar-refractivity contribution >= 4 is 22.8 Å². The molecule has 0 bridgehead atoms. The van der Waals surface area contributed by atoms with Crippen molar-refractivity contribution in [2.45, 2.75) is 12.8 Å². The standard InChI is InChI=1S/C9H13F2N3OS/c1-3-6-7(12-2)14-8(16-6)13-4-9(10,11)5-15/h3,15H,4-5H2,1-2H3,(H,12,13,14)/b6-3+. The van der Waals surface area contributed by atoms with Crippen LogP contribution in [0.1, 0.15) is 6.92 Å². The summed E-state index contributed by atoms with van der Waals surface area (Å²) in [7, 11) is 1.61. The van der Waals surface area contributed by atoms with Gasteiger partial charge < -0.3 is 10.4 Å². The number of thioether (sulfide) groups is 1. The van der Waals surface area contributed by atoms with Gasteiger partial charge in [-0.25, -0.2) is 8.78 Å². The van der Waals surface area contributed by atoms with Crippen LogP contribution in [0.25, 0.3) is 0 Å². The molecule has 7 heteroatoms. The van der Waals surface area contributed by atoms with E-state index in [1.807, 2.05) is 13.0 Å². The summed E-state index contributed by atoms with van der Waals surface area (Å²) in [5, 5.41) is 11.6. The first-order valence-corrected chi connectivity index (χ1v) is 5.45. The zero-order valence-electron chi connectivity index (χ0n) is 9.00. The van der Waals surface area contributed by atoms with E-state index >= 15 is 0 Å². The summed E-state index contributed by atoms with van der Waals surface area (Å²) in [6.07, 6.45) is 1.83. The molecule has 4 nitrogen and oxygen atoms in total. The third kappa shape index (κ3) is 3.28. The fraction of sp³-hybridized carbons (Fsp3) is 0.556. The molecule has 0 aromatic rings. The third-order valence-electron chi connectivity index (χ3n) is 1.84. The molecule has 0 atom stereocenters. The zero-order chi connectivity index (χ0) is 12.2. The Labute approximate surface area is 96.6 Å². The predicted octanol–water partition coefficient (Wildman–Crippen LogP) is 1.24. The number of amidine groups is 2. The monoisotopic (exact) mass is 249 g/mol. The zero-order valence-corrected chi connectivity index (χ0v) is 9.81. The predicted molar refractivity (Wildman–Crippen MR) is 62.2 cm³/mol. The second-order valence-corrected chi connectivity index (χ2v) is 4.12. The Balaban J connectivity index is 2.69. The van der Waals surface area contributed by atoms with Crippen LogP contribution in [0.4, 0.5) is 8.78 Å². The van der Waals surface area contributed by atoms with Gasteiger partial charge in [0.15, 0.2) is 5.17 Å². The molecule has 0 radical (unpaired) electrons. The van der Waals surface area contributed by atoms with Gasteiger partial charge in [0.25, 0.3) is 5.92 Å². The summed E-state index contributed by atoms with van der Waals surface area (Å²) in [4.78, 5) is 8.51. The lowest BCUT2D eigenvalue weighted by molar-refractivity contribution is -0.0403. The highest BCUT2D eigenvalue weighted by molar-refractivity contribution is 8.18. The largest absolute Gasteiger partial charge is 0.390 e. The van der Waals surface area contributed by atoms with Crippen molar-refractivity contribution in [2.24, 2.45) is 9.98 Å². The molecule has 90 valence electrons. The minimum Gasteiger partial charge on any atom is -0.390 e. The highest BCUT2D eigenvalue weighted by Gasteiger charge is 2.28. The maximum atomic E-state index is 12.7. The van der Waals surface area contributed by atoms with E-state index in [4.69, 9.17) is 5.11 Å². The minimum atomic E-state index is -3.17. The first kappa shape index (κ1) is 13.1. The van der Waals surface area contributed by atoms with Crippen LogP contribution in [0.5, 0.6) is 0 Å². The highest BCUT2D eigenvalue weighted by atomic mass is 32.2. The van der Waals surface area contributed by atoms with Crippen LogP contribution in [0.15, 0.2) is 21.0 Å². The van der Waals surface area contributed by atoms with E-state index in [1.54, 1.807) is 7.05 Å². The number of aliphatic imine (C=N–C) groups is 2. The molecule has 0 amide bonds. The summed E-state index contributed by atoms with van der Waals surface area (Å²) in [5.41, 5.74) is 0. The number of halogens is 2. The molecular weight excluding hydrogens is 236 g/mol. The Hall–Kier alpha value is -0.950. The summed E-state index contributed by atoms with van der Waals surface area (Å²) in [5.74, 6) is -2.55. The molecule has 1 aliphatic heterocycles. The maximum Gasteiger partial charge on any atom is 0.289 e. The lowest BCUT2D eigenvalue weighted by Gasteiger charge is -2.09. The fourth-order valence-electron chi connectivity index (χ4n) is 1.01. The van der Waals surface area contributed by atoms with Crippen molar-refractivity contribution in [2.75, 3.05) is 20.2 Å². The van der Waals surface area contributed by atoms with Crippen LogP contribution in [-0.4, -0.2) is 42.2 Å². The van der Waals surface area contributed by atoms with Crippen LogP contribution in [-0.2, 0) is 0 Å². The first-order valence-electron chi connectivity index (χ1n) is 4.64. The van der Waals surface area contributed by atoms with Gasteiger partial charge in [-0.2, -0.15) is 0 Å². The van der Waals surface area contributed by atoms with Gasteiger partial charge in [-0.1, -0.05) is 6.08 Å². The molecule has 16 heavy (non-hydrogen) atoms. The van der Waals surface area contributed by atoms with Crippen molar-refractivity contribution in [1.82, 2.24) is 5.32 Å². The lowest BCUT2D eigenvalue weighted by Crippen LogP contribution is -2.27. The van der Waals surface area contributed by atoms with E-state index in [-0.39, 0.29) is 0 Å². The Morgan fingerprint density at radius 2 is 2.25 bits per heavy atom. The topological polar surface area (TPSA) is 57.0 Å². The quantitative estimate of drug-likeness (QED) is 0.791. The van der Waals surface area contributed by atoms with Gasteiger partial charge in [0.2, 0.25) is 0 Å². The van der Waals surface area contributed by atoms with Crippen molar-refractivity contribution in [3.05, 3.63) is 11.0 Å². The van der Waals surface area contributed by atoms with Crippen LogP contribution in [0.3, 0.4) is 0 Å². The maximum absolute atomic E-state index is 12.7. The number of nitrogens with zero attached hydrogens (tertiary/aromatic N) is 2. The number of aliphatic hydroxyl groups is 1. The number of hydrogen-bond donors (Lipinski definition) is 2. The van der Waals surface area contributed by atoms with E-state index in [0.717, 1.165) is 4.91 Å². The van der Waals surface area contributed by atoms with E-state index in [1.165, 1.54) is 11.8 Å². The molecule has 1 heterocycles. The van der Waals surface area contributed by atoms with Gasteiger partial charge in [-0.3, -0.25) is 9.98 Å². The SMILES string of the molecule is C/C=C1/SC(=NCC(F)(F)CO)NC1=NC. The average molecular weight is 249 g/mol. The number of alkyl halides is 2. The molecule has 1 aliphatic rings. The van der Waals surface area contributed by atoms with Gasteiger partial charge in [-0.15, -0.1) is 0 Å². The van der Waals surface area contributed by atoms with Crippen LogP contribution in [0.2, 0.25) is 0 Å². The first-order chi connectivity index (χ1) is 7.52. The molecule has 0 saturated carbocycles. The molecule has 1 saturated heterocycles. The number of aliphatic hydroxyl groups excluding tert-OH is 1. The number of hydrogen-bond acceptors (Lipinski definition) is 4. The van der Waals surface area contributed by atoms with Crippen LogP contribution < -0.4 is 5.32 Å². The van der Waals surface area contributed by atoms with E-state index in [9.17, 15) is 8.78 Å². The molecule has 0 spiro atoms. The lowest BCUT2D eigenvalue weighted by atomic mass is 10.4. The Morgan fingerprint density at radius 1 is 1.56 bits per heavy atom. The van der Waals surface area contributed by atoms with Gasteiger partial charge >= 0.3 is 0 Å². The van der Waals surface area contributed by atoms with E-state index in [0.29, 0.717) is 11.0 Å². The highest BCUT2D eigenvalue weighted by Crippen LogP contribution is 2.24. The normalized spacial score (nSPS) is 24.4. The summed E-state index contributed by atoms with van der Waals surface area (Å²) in [6, 6.07) is 0. The fourth-order valence-corrected chi connectivity index (χ4v) is 1.85. The Bertz CT molecular complexity index is 331. The smallest absolute Gasteiger partial charge is 0.289 e. The van der Waals surface area contributed by atoms with Crippen molar-refractivity contribution in [3.8, 4) is 0 Å². The number of allylic oxidation sites excluding steroid dienone is 1. The van der Waals surface area contributed by atoms with Gasteiger partial charge in [0.05, 0.1) is 4.91 Å². The molecule has 0 unspecified atom stereocenters. The number of nitrogens with one attached hydrogen (secondary N) is 1. The summed E-state index contributed by atoms with van der Waals surface area (Å²) in [6.45, 7) is -0.0903. The van der Waals surface area contributed by atoms with Crippen LogP contribution >= 0.6 is 11.8 Å². The van der Waals surface area contributed by atoms with Gasteiger partial charge in [0, 0.05) is 7.05 Å². The molecule has 0 aromatic carbocycles. The summed E-state index contributed by atoms with van der Waals surface area (Å²) < 4.78 is 25.5. The molecule has 1 rings (SSSR count). The summed E-state index contributed by atoms with van der Waals surface area (Å²) >= 11 is 1.25. The molecule has 0 aromatic heterocycles. The second kappa shape index (κ2) is 5.40. The Morgan fingerprint density at radius 3 is 2.69 bits per heavy atom. The second-order valence-electron chi connectivity index (χ2n) is 3.09. The van der Waals surface area contributed by atoms with Crippen molar-refractivity contribution in [3.63, 3.8) is 0 Å². The van der Waals surface area contributed by atoms with Gasteiger partial charge in [0.1, 0.15) is 19.0 Å². The minimum absolute atomic E-state index is 0.377. The average Bonchev–Trinajstić information content (AvgIpc) is 2.69. The number of rotatable bonds is 3. The molecular formula is C9H13F2N3OS. The van der Waals surface area contributed by atoms with Crippen molar-refractivity contribution in [1.29, 1.82) is 0 Å². The van der Waals surface area contributed by atoms with E-state index < -0.39 is 19.1 Å². The van der Waals surface area contributed by atoms with Crippen molar-refractivity contribution < 1.29 is 13.9 Å². The Kier molecular flexibility index (Phi) is 4.43.